The lowest BCUT2D eigenvalue weighted by Crippen LogP contribution is -2.24. The minimum atomic E-state index is -2.91. The second kappa shape index (κ2) is 5.57. The number of benzene rings is 3. The van der Waals surface area contributed by atoms with E-state index >= 15 is 0 Å². The number of aromatic amines is 1. The van der Waals surface area contributed by atoms with E-state index in [4.69, 9.17) is 0 Å². The smallest absolute Gasteiger partial charge is 0.173 e. The third-order valence-corrected chi connectivity index (χ3v) is 7.25. The summed E-state index contributed by atoms with van der Waals surface area (Å²) in [6.07, 6.45) is 1.89. The average Bonchev–Trinajstić information content (AvgIpc) is 3.07. The molecule has 0 aliphatic heterocycles. The Morgan fingerprint density at radius 1 is 0.652 bits per heavy atom. The van der Waals surface area contributed by atoms with Crippen molar-refractivity contribution in [1.29, 1.82) is 0 Å². The zero-order valence-corrected chi connectivity index (χ0v) is 13.4. The largest absolute Gasteiger partial charge is 0.360 e. The fourth-order valence-electron chi connectivity index (χ4n) is 3.02. The Kier molecular flexibility index (Phi) is 3.40. The first kappa shape index (κ1) is 14.0. The van der Waals surface area contributed by atoms with E-state index in [1.54, 1.807) is 0 Å². The maximum absolute atomic E-state index is 14.3. The summed E-state index contributed by atoms with van der Waals surface area (Å²) in [4.78, 5) is 3.26. The van der Waals surface area contributed by atoms with E-state index in [1.165, 1.54) is 0 Å². The van der Waals surface area contributed by atoms with Gasteiger partial charge in [-0.3, -0.25) is 0 Å². The van der Waals surface area contributed by atoms with Gasteiger partial charge < -0.3 is 9.55 Å². The van der Waals surface area contributed by atoms with Crippen LogP contribution in [0.2, 0.25) is 0 Å². The van der Waals surface area contributed by atoms with Gasteiger partial charge in [-0.1, -0.05) is 78.9 Å². The summed E-state index contributed by atoms with van der Waals surface area (Å²) in [5, 5.41) is 3.60. The predicted molar refractivity (Wildman–Crippen MR) is 97.7 cm³/mol. The fraction of sp³-hybridized carbons (Fsp3) is 0. The van der Waals surface area contributed by atoms with Crippen LogP contribution in [0.15, 0.2) is 91.1 Å². The van der Waals surface area contributed by atoms with Gasteiger partial charge in [-0.25, -0.2) is 0 Å². The fourth-order valence-corrected chi connectivity index (χ4v) is 5.84. The van der Waals surface area contributed by atoms with Gasteiger partial charge in [0.15, 0.2) is 7.14 Å². The molecule has 1 N–H and O–H groups in total. The van der Waals surface area contributed by atoms with Gasteiger partial charge in [-0.05, 0) is 6.07 Å². The lowest BCUT2D eigenvalue weighted by atomic mass is 10.2. The zero-order chi connectivity index (χ0) is 15.7. The van der Waals surface area contributed by atoms with Crippen LogP contribution in [-0.2, 0) is 4.57 Å². The molecule has 0 spiro atoms. The SMILES string of the molecule is O=P(c1ccccc1)(c1ccccc1)c1c[nH]c2ccccc12. The highest BCUT2D eigenvalue weighted by Gasteiger charge is 2.31. The maximum Gasteiger partial charge on any atom is 0.173 e. The first-order chi connectivity index (χ1) is 11.3. The van der Waals surface area contributed by atoms with E-state index in [0.717, 1.165) is 26.8 Å². The summed E-state index contributed by atoms with van der Waals surface area (Å²) in [5.74, 6) is 0. The molecule has 0 aliphatic carbocycles. The minimum absolute atomic E-state index is 0.857. The number of rotatable bonds is 3. The normalized spacial score (nSPS) is 11.7. The van der Waals surface area contributed by atoms with Gasteiger partial charge in [-0.2, -0.15) is 0 Å². The zero-order valence-electron chi connectivity index (χ0n) is 12.5. The summed E-state index contributed by atoms with van der Waals surface area (Å²) in [6.45, 7) is 0. The highest BCUT2D eigenvalue weighted by atomic mass is 31.2. The molecule has 0 amide bonds. The Labute approximate surface area is 135 Å². The molecule has 23 heavy (non-hydrogen) atoms. The minimum Gasteiger partial charge on any atom is -0.360 e. The molecule has 3 heteroatoms. The lowest BCUT2D eigenvalue weighted by molar-refractivity contribution is 0.592. The number of fused-ring (bicyclic) bond motifs is 1. The Balaban J connectivity index is 2.06. The molecule has 2 nitrogen and oxygen atoms in total. The van der Waals surface area contributed by atoms with Crippen LogP contribution in [0.3, 0.4) is 0 Å². The van der Waals surface area contributed by atoms with Gasteiger partial charge >= 0.3 is 0 Å². The topological polar surface area (TPSA) is 32.9 Å². The monoisotopic (exact) mass is 317 g/mol. The van der Waals surface area contributed by atoms with E-state index in [-0.39, 0.29) is 0 Å². The highest BCUT2D eigenvalue weighted by Crippen LogP contribution is 2.44. The molecule has 0 unspecified atom stereocenters. The Morgan fingerprint density at radius 3 is 1.78 bits per heavy atom. The molecule has 4 aromatic rings. The summed E-state index contributed by atoms with van der Waals surface area (Å²) in [6, 6.07) is 27.5. The summed E-state index contributed by atoms with van der Waals surface area (Å²) < 4.78 is 14.3. The number of H-pyrrole nitrogens is 1. The summed E-state index contributed by atoms with van der Waals surface area (Å²) in [5.41, 5.74) is 1.01. The molecule has 0 radical (unpaired) electrons. The Bertz CT molecular complexity index is 946. The van der Waals surface area contributed by atoms with Gasteiger partial charge in [-0.15, -0.1) is 0 Å². The van der Waals surface area contributed by atoms with Crippen LogP contribution in [0.1, 0.15) is 0 Å². The predicted octanol–water partition coefficient (Wildman–Crippen LogP) is 3.81. The molecular formula is C20H16NOP. The van der Waals surface area contributed by atoms with Crippen LogP contribution in [0.5, 0.6) is 0 Å². The average molecular weight is 317 g/mol. The quantitative estimate of drug-likeness (QED) is 0.573. The molecule has 4 rings (SSSR count). The van der Waals surface area contributed by atoms with Crippen molar-refractivity contribution in [2.24, 2.45) is 0 Å². The van der Waals surface area contributed by atoms with Crippen LogP contribution >= 0.6 is 7.14 Å². The molecule has 3 aromatic carbocycles. The van der Waals surface area contributed by atoms with E-state index in [9.17, 15) is 4.57 Å². The standard InChI is InChI=1S/C20H16NOP/c22-23(16-9-3-1-4-10-16,17-11-5-2-6-12-17)20-15-21-19-14-8-7-13-18(19)20/h1-15,21H. The van der Waals surface area contributed by atoms with Crippen molar-refractivity contribution in [3.05, 3.63) is 91.1 Å². The van der Waals surface area contributed by atoms with Crippen molar-refractivity contribution < 1.29 is 4.57 Å². The number of aromatic nitrogens is 1. The third-order valence-electron chi connectivity index (χ3n) is 4.15. The molecule has 0 saturated carbocycles. The van der Waals surface area contributed by atoms with Crippen LogP contribution in [0.25, 0.3) is 10.9 Å². The van der Waals surface area contributed by atoms with Crippen molar-refractivity contribution >= 4 is 34.0 Å². The molecule has 0 atom stereocenters. The third kappa shape index (κ3) is 2.23. The van der Waals surface area contributed by atoms with Crippen molar-refractivity contribution in [2.75, 3.05) is 0 Å². The maximum atomic E-state index is 14.3. The van der Waals surface area contributed by atoms with Crippen molar-refractivity contribution in [3.63, 3.8) is 0 Å². The lowest BCUT2D eigenvalue weighted by Gasteiger charge is -2.19. The van der Waals surface area contributed by atoms with Crippen LogP contribution in [-0.4, -0.2) is 4.98 Å². The Hall–Kier alpha value is -2.57. The van der Waals surface area contributed by atoms with Crippen LogP contribution in [0, 0.1) is 0 Å². The second-order valence-electron chi connectivity index (χ2n) is 5.50. The number of nitrogens with one attached hydrogen (secondary N) is 1. The van der Waals surface area contributed by atoms with Crippen molar-refractivity contribution in [1.82, 2.24) is 4.98 Å². The van der Waals surface area contributed by atoms with Gasteiger partial charge in [0.2, 0.25) is 0 Å². The molecule has 0 saturated heterocycles. The second-order valence-corrected chi connectivity index (χ2v) is 8.23. The van der Waals surface area contributed by atoms with Crippen molar-refractivity contribution in [3.8, 4) is 0 Å². The van der Waals surface area contributed by atoms with Gasteiger partial charge in [0.25, 0.3) is 0 Å². The number of hydrogen-bond donors (Lipinski definition) is 1. The highest BCUT2D eigenvalue weighted by molar-refractivity contribution is 7.85. The first-order valence-corrected chi connectivity index (χ1v) is 9.29. The Morgan fingerprint density at radius 2 is 1.17 bits per heavy atom. The molecule has 0 bridgehead atoms. The van der Waals surface area contributed by atoms with Crippen molar-refractivity contribution in [2.45, 2.75) is 0 Å². The van der Waals surface area contributed by atoms with Gasteiger partial charge in [0.05, 0.1) is 0 Å². The summed E-state index contributed by atoms with van der Waals surface area (Å²) >= 11 is 0. The molecular weight excluding hydrogens is 301 g/mol. The molecule has 112 valence electrons. The number of hydrogen-bond acceptors (Lipinski definition) is 1. The summed E-state index contributed by atoms with van der Waals surface area (Å²) in [7, 11) is -2.91. The van der Waals surface area contributed by atoms with E-state index < -0.39 is 7.14 Å². The molecule has 0 aliphatic rings. The molecule has 0 fully saturated rings. The first-order valence-electron chi connectivity index (χ1n) is 7.58. The van der Waals surface area contributed by atoms with E-state index in [1.807, 2.05) is 91.1 Å². The van der Waals surface area contributed by atoms with Gasteiger partial charge in [0, 0.05) is 33.0 Å². The molecule has 1 heterocycles. The molecule has 1 aromatic heterocycles. The van der Waals surface area contributed by atoms with E-state index in [2.05, 4.69) is 4.98 Å². The van der Waals surface area contributed by atoms with Crippen LogP contribution in [0.4, 0.5) is 0 Å². The van der Waals surface area contributed by atoms with Gasteiger partial charge in [0.1, 0.15) is 0 Å². The number of para-hydroxylation sites is 1. The van der Waals surface area contributed by atoms with E-state index in [0.29, 0.717) is 0 Å². The van der Waals surface area contributed by atoms with Crippen LogP contribution < -0.4 is 15.9 Å².